The standard InChI is InChI=1S/C31H50O2/c1-19-17-28(6)21(27(4,5)24(19)32)11-12-30(8)22(28)10-9-20-23-25-26(2,3)13-15-31(23,18-33-25)16-14-29(20,30)7/h19-23,25H,9-18H2,1-8H3/t19-,20-,21+,22-,23+,25-,28+,29-,30-,31-/m1/s1. The molecule has 2 heteroatoms. The second-order valence-corrected chi connectivity index (χ2v) is 16.0. The average Bonchev–Trinajstić information content (AvgIpc) is 3.06. The molecule has 10 atom stereocenters. The van der Waals surface area contributed by atoms with Gasteiger partial charge in [0, 0.05) is 11.3 Å². The first-order valence-corrected chi connectivity index (χ1v) is 14.4. The van der Waals surface area contributed by atoms with Gasteiger partial charge in [0.05, 0.1) is 12.7 Å². The summed E-state index contributed by atoms with van der Waals surface area (Å²) in [5.74, 6) is 3.64. The summed E-state index contributed by atoms with van der Waals surface area (Å²) in [6, 6.07) is 0. The molecular weight excluding hydrogens is 404 g/mol. The predicted octanol–water partition coefficient (Wildman–Crippen LogP) is 7.69. The highest BCUT2D eigenvalue weighted by molar-refractivity contribution is 5.87. The quantitative estimate of drug-likeness (QED) is 0.375. The van der Waals surface area contributed by atoms with Gasteiger partial charge in [-0.1, -0.05) is 55.4 Å². The van der Waals surface area contributed by atoms with Crippen LogP contribution in [0.25, 0.3) is 0 Å². The molecule has 0 aromatic heterocycles. The summed E-state index contributed by atoms with van der Waals surface area (Å²) in [5, 5.41) is 0. The Labute approximate surface area is 203 Å². The SMILES string of the molecule is C[C@@H]1C[C@]2(C)[C@H]3CC[C@@H]4[C@H]5[C@H]6OC[C@@]5(CCC6(C)C)CC[C@@]4(C)[C@]3(C)CC[C@H]2C(C)(C)C1=O. The van der Waals surface area contributed by atoms with E-state index in [1.54, 1.807) is 0 Å². The maximum Gasteiger partial charge on any atom is 0.141 e. The molecule has 5 aliphatic carbocycles. The number of fused-ring (bicyclic) bond motifs is 5. The van der Waals surface area contributed by atoms with Crippen molar-refractivity contribution in [2.45, 2.75) is 119 Å². The second kappa shape index (κ2) is 6.49. The number of Topliss-reactive ketones (excluding diaryl/α,β-unsaturated/α-hetero) is 1. The number of ketones is 1. The summed E-state index contributed by atoms with van der Waals surface area (Å²) in [5.41, 5.74) is 1.74. The molecule has 1 saturated heterocycles. The van der Waals surface area contributed by atoms with Gasteiger partial charge in [-0.2, -0.15) is 0 Å². The molecule has 6 rings (SSSR count). The van der Waals surface area contributed by atoms with Crippen molar-refractivity contribution in [3.05, 3.63) is 0 Å². The lowest BCUT2D eigenvalue weighted by Crippen LogP contribution is -2.68. The van der Waals surface area contributed by atoms with E-state index in [0.717, 1.165) is 30.8 Å². The second-order valence-electron chi connectivity index (χ2n) is 16.0. The fourth-order valence-electron chi connectivity index (χ4n) is 12.4. The Morgan fingerprint density at radius 3 is 2.21 bits per heavy atom. The van der Waals surface area contributed by atoms with Gasteiger partial charge in [-0.3, -0.25) is 4.79 Å². The number of hydrogen-bond acceptors (Lipinski definition) is 2. The number of carbonyl (C=O) groups is 1. The van der Waals surface area contributed by atoms with Gasteiger partial charge < -0.3 is 4.74 Å². The number of carbonyl (C=O) groups excluding carboxylic acids is 1. The van der Waals surface area contributed by atoms with Crippen LogP contribution < -0.4 is 0 Å². The summed E-state index contributed by atoms with van der Waals surface area (Å²) in [4.78, 5) is 13.3. The van der Waals surface area contributed by atoms with Gasteiger partial charge in [-0.05, 0) is 109 Å². The van der Waals surface area contributed by atoms with Crippen LogP contribution in [-0.4, -0.2) is 18.5 Å². The zero-order valence-electron chi connectivity index (χ0n) is 22.9. The van der Waals surface area contributed by atoms with Crippen molar-refractivity contribution < 1.29 is 9.53 Å². The third kappa shape index (κ3) is 2.54. The topological polar surface area (TPSA) is 26.3 Å². The molecule has 1 heterocycles. The van der Waals surface area contributed by atoms with Gasteiger partial charge in [-0.15, -0.1) is 0 Å². The van der Waals surface area contributed by atoms with Gasteiger partial charge in [0.25, 0.3) is 0 Å². The molecule has 1 aliphatic heterocycles. The Morgan fingerprint density at radius 2 is 1.48 bits per heavy atom. The third-order valence-corrected chi connectivity index (χ3v) is 14.1. The Hall–Kier alpha value is -0.370. The van der Waals surface area contributed by atoms with Crippen molar-refractivity contribution in [2.24, 2.45) is 62.1 Å². The van der Waals surface area contributed by atoms with Crippen molar-refractivity contribution in [1.82, 2.24) is 0 Å². The Kier molecular flexibility index (Phi) is 4.53. The maximum atomic E-state index is 13.3. The smallest absolute Gasteiger partial charge is 0.141 e. The first kappa shape index (κ1) is 23.1. The number of rotatable bonds is 0. The Morgan fingerprint density at radius 1 is 0.788 bits per heavy atom. The van der Waals surface area contributed by atoms with Gasteiger partial charge >= 0.3 is 0 Å². The van der Waals surface area contributed by atoms with E-state index in [-0.39, 0.29) is 11.3 Å². The van der Waals surface area contributed by atoms with Crippen LogP contribution in [0.15, 0.2) is 0 Å². The van der Waals surface area contributed by atoms with E-state index < -0.39 is 0 Å². The van der Waals surface area contributed by atoms with Crippen LogP contribution in [0, 0.1) is 62.1 Å². The minimum atomic E-state index is -0.164. The highest BCUT2D eigenvalue weighted by Crippen LogP contribution is 2.78. The lowest BCUT2D eigenvalue weighted by molar-refractivity contribution is -0.242. The number of hydrogen-bond donors (Lipinski definition) is 0. The molecule has 0 radical (unpaired) electrons. The molecule has 6 fully saturated rings. The van der Waals surface area contributed by atoms with Crippen molar-refractivity contribution in [2.75, 3.05) is 6.61 Å². The minimum Gasteiger partial charge on any atom is -0.377 e. The molecule has 0 unspecified atom stereocenters. The third-order valence-electron chi connectivity index (χ3n) is 14.1. The molecule has 0 N–H and O–H groups in total. The molecule has 2 nitrogen and oxygen atoms in total. The Bertz CT molecular complexity index is 872. The van der Waals surface area contributed by atoms with E-state index in [1.165, 1.54) is 51.4 Å². The monoisotopic (exact) mass is 454 g/mol. The molecule has 0 aromatic carbocycles. The van der Waals surface area contributed by atoms with Gasteiger partial charge in [0.1, 0.15) is 5.78 Å². The van der Waals surface area contributed by atoms with Crippen molar-refractivity contribution >= 4 is 5.78 Å². The molecule has 33 heavy (non-hydrogen) atoms. The van der Waals surface area contributed by atoms with Crippen molar-refractivity contribution in [3.8, 4) is 0 Å². The first-order valence-electron chi connectivity index (χ1n) is 14.4. The van der Waals surface area contributed by atoms with Gasteiger partial charge in [-0.25, -0.2) is 0 Å². The first-order chi connectivity index (χ1) is 15.2. The van der Waals surface area contributed by atoms with Crippen LogP contribution in [0.2, 0.25) is 0 Å². The van der Waals surface area contributed by atoms with Crippen molar-refractivity contribution in [1.29, 1.82) is 0 Å². The molecule has 0 aromatic rings. The molecule has 5 saturated carbocycles. The molecule has 0 spiro atoms. The summed E-state index contributed by atoms with van der Waals surface area (Å²) < 4.78 is 6.71. The lowest BCUT2D eigenvalue weighted by Gasteiger charge is -2.73. The highest BCUT2D eigenvalue weighted by atomic mass is 16.5. The molecule has 0 amide bonds. The summed E-state index contributed by atoms with van der Waals surface area (Å²) >= 11 is 0. The van der Waals surface area contributed by atoms with Gasteiger partial charge in [0.15, 0.2) is 0 Å². The van der Waals surface area contributed by atoms with Crippen LogP contribution >= 0.6 is 0 Å². The average molecular weight is 455 g/mol. The molecular formula is C31H50O2. The predicted molar refractivity (Wildman–Crippen MR) is 134 cm³/mol. The molecule has 2 bridgehead atoms. The van der Waals surface area contributed by atoms with E-state index in [9.17, 15) is 4.79 Å². The largest absolute Gasteiger partial charge is 0.377 e. The van der Waals surface area contributed by atoms with E-state index in [2.05, 4.69) is 55.4 Å². The van der Waals surface area contributed by atoms with E-state index >= 15 is 0 Å². The maximum absolute atomic E-state index is 13.3. The van der Waals surface area contributed by atoms with Crippen LogP contribution in [0.4, 0.5) is 0 Å². The van der Waals surface area contributed by atoms with Crippen molar-refractivity contribution in [3.63, 3.8) is 0 Å². The summed E-state index contributed by atoms with van der Waals surface area (Å²) in [6.45, 7) is 20.9. The van der Waals surface area contributed by atoms with Crippen LogP contribution in [0.1, 0.15) is 113 Å². The fraction of sp³-hybridized carbons (Fsp3) is 0.968. The fourth-order valence-corrected chi connectivity index (χ4v) is 12.4. The molecule has 6 aliphatic rings. The summed E-state index contributed by atoms with van der Waals surface area (Å²) in [7, 11) is 0. The molecule has 186 valence electrons. The summed E-state index contributed by atoms with van der Waals surface area (Å²) in [6.07, 6.45) is 12.4. The Balaban J connectivity index is 1.41. The van der Waals surface area contributed by atoms with E-state index in [4.69, 9.17) is 4.74 Å². The van der Waals surface area contributed by atoms with E-state index in [0.29, 0.717) is 44.9 Å². The zero-order chi connectivity index (χ0) is 23.8. The minimum absolute atomic E-state index is 0.164. The number of ether oxygens (including phenoxy) is 1. The normalized spacial score (nSPS) is 58.6. The van der Waals surface area contributed by atoms with Crippen LogP contribution in [-0.2, 0) is 9.53 Å². The van der Waals surface area contributed by atoms with E-state index in [1.807, 2.05) is 0 Å². The highest BCUT2D eigenvalue weighted by Gasteiger charge is 2.73. The lowest BCUT2D eigenvalue weighted by atomic mass is 9.31. The zero-order valence-corrected chi connectivity index (χ0v) is 22.9. The van der Waals surface area contributed by atoms with Crippen LogP contribution in [0.3, 0.4) is 0 Å². The van der Waals surface area contributed by atoms with Crippen LogP contribution in [0.5, 0.6) is 0 Å². The van der Waals surface area contributed by atoms with Gasteiger partial charge in [0.2, 0.25) is 0 Å².